The summed E-state index contributed by atoms with van der Waals surface area (Å²) in [5.41, 5.74) is 37.3. The van der Waals surface area contributed by atoms with E-state index in [9.17, 15) is 34.1 Å². The molecule has 5 aliphatic rings. The van der Waals surface area contributed by atoms with Crippen LogP contribution >= 0.6 is 33.7 Å². The first-order valence-electron chi connectivity index (χ1n) is 31.3. The smallest absolute Gasteiger partial charge is 0.351 e. The number of aromatic amines is 1. The maximum absolute atomic E-state index is 13.3. The topological polar surface area (TPSA) is 627 Å². The van der Waals surface area contributed by atoms with E-state index in [1.54, 1.807) is 13.7 Å². The normalized spacial score (nSPS) is 29.3. The highest BCUT2D eigenvalue weighted by Crippen LogP contribution is 2.50. The van der Waals surface area contributed by atoms with Gasteiger partial charge in [-0.3, -0.25) is 32.6 Å². The summed E-state index contributed by atoms with van der Waals surface area (Å²) in [6, 6.07) is -2.89. The number of aromatic nitrogens is 18. The molecule has 560 valence electrons. The van der Waals surface area contributed by atoms with Gasteiger partial charge in [0.05, 0.1) is 88.9 Å². The minimum absolute atomic E-state index is 0.0146. The minimum Gasteiger partial charge on any atom is -0.383 e. The van der Waals surface area contributed by atoms with E-state index in [4.69, 9.17) is 140 Å². The van der Waals surface area contributed by atoms with E-state index in [-0.39, 0.29) is 84.8 Å². The zero-order valence-electron chi connectivity index (χ0n) is 53.5. The Morgan fingerprint density at radius 1 is 0.490 bits per heavy atom. The number of nitrogens with two attached hydrogens (primary N) is 6. The number of ether oxygens (including phenoxy) is 5. The molecule has 0 radical (unpaired) electrons. The highest BCUT2D eigenvalue weighted by Gasteiger charge is 2.47. The Balaban J connectivity index is 0.661. The summed E-state index contributed by atoms with van der Waals surface area (Å²) in [5, 5.41) is 12.0. The largest absolute Gasteiger partial charge is 0.383 e. The molecular formula is C49H67N28O17P5S5. The molecule has 5 saturated heterocycles. The van der Waals surface area contributed by atoms with Crippen molar-refractivity contribution < 1.29 is 70.8 Å². The molecule has 5 aliphatic heterocycles. The molecule has 9 aromatic rings. The molecule has 0 aliphatic carbocycles. The van der Waals surface area contributed by atoms with Crippen LogP contribution in [0.15, 0.2) is 66.1 Å². The van der Waals surface area contributed by atoms with Gasteiger partial charge in [-0.15, -0.1) is 0 Å². The molecule has 22 N–H and O–H groups in total. The Hall–Kier alpha value is -5.67. The van der Waals surface area contributed by atoms with Crippen LogP contribution < -0.4 is 66.0 Å². The van der Waals surface area contributed by atoms with E-state index in [1.165, 1.54) is 61.1 Å². The van der Waals surface area contributed by atoms with Gasteiger partial charge >= 0.3 is 5.69 Å². The predicted molar refractivity (Wildman–Crippen MR) is 387 cm³/mol. The summed E-state index contributed by atoms with van der Waals surface area (Å²) in [6.45, 7) is -18.4. The molecule has 0 bridgehead atoms. The van der Waals surface area contributed by atoms with Crippen molar-refractivity contribution in [2.75, 3.05) is 61.7 Å². The Morgan fingerprint density at radius 3 is 1.23 bits per heavy atom. The summed E-state index contributed by atoms with van der Waals surface area (Å²) < 4.78 is 69.5. The molecule has 20 atom stereocenters. The first kappa shape index (κ1) is 75.2. The van der Waals surface area contributed by atoms with Crippen LogP contribution in [0.4, 0.5) is 29.2 Å². The molecular weight excluding hydrogens is 1570 g/mol. The molecule has 9 aromatic heterocycles. The van der Waals surface area contributed by atoms with Crippen molar-refractivity contribution in [3.05, 3.63) is 77.4 Å². The highest BCUT2D eigenvalue weighted by atomic mass is 32.5. The van der Waals surface area contributed by atoms with E-state index in [1.807, 2.05) is 0 Å². The standard InChI is InChI=1S/C49H67N28O17P5S5/c50-20-3-31(74-16-62-36-40(52)56-13-59-43(36)74)90-25(20)9-86-96(81,101)71-23-6-33(75-17-63-37-41(53)57-14-60-44(37)75)93-28(23)12-89-98(83,103)70-22-4-32(73-2-1-30(51)66-49(73)79)92-27(22)10-87-99(84,104)72-24-7-34(76-18-64-38-42(54)58-15-61-45(38)76)94-29(24)11-88-97(82,102)69-21-5-35(91-26(21)8-85-95(80)100)77-19-65-39-46(77)67-48(55)68-47(39)78/h1-2,13-29,31-35,95H,3-12,50H2,(H,80,100)(H2,51,66,79)(H2,52,56,59)(H2,53,57,60)(H2,54,58,61)(H2,69,82,102)(H2,70,83,103)(H2,71,81,101)(H2,72,84,104)(H3,55,67,68,78)/t20-,21?,22?,23?,24?,25-,26-,27-,28-,29-,31-,32-,33-,34-,35-,96?,97?,98?,99?/m1/s1. The van der Waals surface area contributed by atoms with Crippen LogP contribution in [0.5, 0.6) is 0 Å². The number of imidazole rings is 4. The lowest BCUT2D eigenvalue weighted by molar-refractivity contribution is -0.0259. The maximum atomic E-state index is 13.3. The zero-order chi connectivity index (χ0) is 73.3. The number of hydrogen-bond acceptors (Lipinski definition) is 35. The van der Waals surface area contributed by atoms with Crippen LogP contribution in [0.3, 0.4) is 0 Å². The van der Waals surface area contributed by atoms with Gasteiger partial charge in [0.25, 0.3) is 32.1 Å². The lowest BCUT2D eigenvalue weighted by Crippen LogP contribution is -2.41. The Labute approximate surface area is 610 Å². The minimum atomic E-state index is -4.22. The summed E-state index contributed by atoms with van der Waals surface area (Å²) in [6.07, 6.45) is 2.01. The van der Waals surface area contributed by atoms with Crippen molar-refractivity contribution in [1.82, 2.24) is 108 Å². The first-order valence-corrected chi connectivity index (χ1v) is 44.4. The maximum Gasteiger partial charge on any atom is 0.351 e. The second-order valence-electron chi connectivity index (χ2n) is 24.3. The number of rotatable bonds is 28. The van der Waals surface area contributed by atoms with E-state index in [0.717, 1.165) is 4.57 Å². The molecule has 0 spiro atoms. The van der Waals surface area contributed by atoms with Gasteiger partial charge in [-0.2, -0.15) is 9.97 Å². The average molecular weight is 1640 g/mol. The van der Waals surface area contributed by atoms with E-state index < -0.39 is 157 Å². The van der Waals surface area contributed by atoms with Crippen molar-refractivity contribution in [3.63, 3.8) is 0 Å². The summed E-state index contributed by atoms with van der Waals surface area (Å²) in [7, 11) is -2.65. The molecule has 0 aromatic carbocycles. The molecule has 45 nitrogen and oxygen atoms in total. The molecule has 9 unspecified atom stereocenters. The first-order chi connectivity index (χ1) is 49.5. The Kier molecular flexibility index (Phi) is 22.0. The second kappa shape index (κ2) is 30.4. The Bertz CT molecular complexity index is 5070. The SMILES string of the molecule is Nc1ccn([C@H]2CC(NP(O)(=S)OC[C@H]3O[C@@H](n4cnc5c(N)ncnc54)CC3NP(O)(=S)OC[C@H]3O[C@@H](n4cnc5c(N)ncnc54)C[C@H]3N)[C@@H](COP(O)(=S)NC3C[C@H](n4cnc5c(N)ncnc54)O[C@@H]3COP(O)(=S)NC3C[C@H](n4cnc5c(=O)[nH]c(N)nc54)O[C@@H]3CO[PH](O)=S)O2)c(=O)n1. The third kappa shape index (κ3) is 16.5. The Morgan fingerprint density at radius 2 is 0.837 bits per heavy atom. The second-order valence-corrected chi connectivity index (χ2v) is 38.4. The molecule has 14 heterocycles. The van der Waals surface area contributed by atoms with Gasteiger partial charge in [-0.1, -0.05) is 0 Å². The van der Waals surface area contributed by atoms with Gasteiger partial charge in [0.2, 0.25) is 5.95 Å². The van der Waals surface area contributed by atoms with Crippen LogP contribution in [0.1, 0.15) is 63.2 Å². The van der Waals surface area contributed by atoms with Gasteiger partial charge in [-0.25, -0.2) is 75.0 Å². The zero-order valence-corrected chi connectivity index (χ0v) is 62.1. The molecule has 0 saturated carbocycles. The summed E-state index contributed by atoms with van der Waals surface area (Å²) in [5.74, 6) is 0.153. The third-order valence-corrected chi connectivity index (χ3v) is 25.5. The summed E-state index contributed by atoms with van der Waals surface area (Å²) >= 11 is 27.9. The van der Waals surface area contributed by atoms with Crippen LogP contribution in [0.2, 0.25) is 0 Å². The van der Waals surface area contributed by atoms with Crippen molar-refractivity contribution in [1.29, 1.82) is 0 Å². The van der Waals surface area contributed by atoms with E-state index >= 15 is 0 Å². The monoisotopic (exact) mass is 1630 g/mol. The van der Waals surface area contributed by atoms with Crippen molar-refractivity contribution in [3.8, 4) is 0 Å². The fourth-order valence-electron chi connectivity index (χ4n) is 12.7. The average Bonchev–Trinajstić information content (AvgIpc) is 1.65. The van der Waals surface area contributed by atoms with Crippen molar-refractivity contribution in [2.45, 2.75) is 124 Å². The van der Waals surface area contributed by atoms with Crippen LogP contribution in [0.25, 0.3) is 44.7 Å². The predicted octanol–water partition coefficient (Wildman–Crippen LogP) is -2.15. The number of fused-ring (bicyclic) bond motifs is 4. The fraction of sp³-hybridized carbons (Fsp3) is 0.510. The van der Waals surface area contributed by atoms with Crippen molar-refractivity contribution in [2.24, 2.45) is 5.73 Å². The quantitative estimate of drug-likeness (QED) is 0.0233. The number of nitrogens with zero attached hydrogens (tertiary/aromatic N) is 17. The number of nitrogen functional groups attached to an aromatic ring is 5. The van der Waals surface area contributed by atoms with Gasteiger partial charge in [0, 0.05) is 68.5 Å². The fourth-order valence-corrected chi connectivity index (χ4v) is 20.1. The third-order valence-electron chi connectivity index (χ3n) is 17.6. The van der Waals surface area contributed by atoms with E-state index in [2.05, 4.69) is 85.1 Å². The van der Waals surface area contributed by atoms with E-state index in [0.29, 0.717) is 34.4 Å². The van der Waals surface area contributed by atoms with Gasteiger partial charge in [-0.05, 0) is 65.1 Å². The lowest BCUT2D eigenvalue weighted by Gasteiger charge is -2.29. The number of nitrogens with one attached hydrogen (secondary N) is 5. The van der Waals surface area contributed by atoms with Gasteiger partial charge in [0.15, 0.2) is 52.7 Å². The molecule has 55 heteroatoms. The molecule has 5 fully saturated rings. The van der Waals surface area contributed by atoms with Crippen LogP contribution in [-0.4, -0.2) is 206 Å². The molecule has 0 amide bonds. The molecule has 14 rings (SSSR count). The highest BCUT2D eigenvalue weighted by molar-refractivity contribution is 8.09. The van der Waals surface area contributed by atoms with Crippen LogP contribution in [0, 0.1) is 0 Å². The summed E-state index contributed by atoms with van der Waals surface area (Å²) in [4.78, 5) is 137. The lowest BCUT2D eigenvalue weighted by atomic mass is 10.1. The van der Waals surface area contributed by atoms with Crippen molar-refractivity contribution >= 4 is 167 Å². The number of H-pyrrole nitrogens is 1. The van der Waals surface area contributed by atoms with Gasteiger partial charge in [0.1, 0.15) is 72.5 Å². The number of anilines is 5. The molecule has 104 heavy (non-hydrogen) atoms. The van der Waals surface area contributed by atoms with Gasteiger partial charge < -0.3 is 105 Å². The van der Waals surface area contributed by atoms with Crippen LogP contribution in [-0.2, 0) is 105 Å². The number of hydrogen-bond donors (Lipinski definition) is 16.